The van der Waals surface area contributed by atoms with Gasteiger partial charge in [-0.3, -0.25) is 53.0 Å². The molecular weight excluding hydrogens is 1000 g/mol. The molecule has 20 heteroatoms. The van der Waals surface area contributed by atoms with Crippen molar-refractivity contribution in [2.75, 3.05) is 21.8 Å². The number of hydrogen-bond acceptors (Lipinski definition) is 13. The minimum atomic E-state index is -0.628. The van der Waals surface area contributed by atoms with E-state index in [1.54, 1.807) is 79.9 Å². The quantitative estimate of drug-likeness (QED) is 0.121. The molecule has 3 aliphatic rings. The van der Waals surface area contributed by atoms with Gasteiger partial charge in [-0.2, -0.15) is 15.3 Å². The third-order valence-electron chi connectivity index (χ3n) is 13.5. The van der Waals surface area contributed by atoms with Crippen LogP contribution >= 0.6 is 0 Å². The Morgan fingerprint density at radius 1 is 0.423 bits per heavy atom. The summed E-state index contributed by atoms with van der Waals surface area (Å²) < 4.78 is 19.6. The Kier molecular flexibility index (Phi) is 14.5. The van der Waals surface area contributed by atoms with Gasteiger partial charge in [-0.25, -0.2) is 24.6 Å². The smallest absolute Gasteiger partial charge is 0.272 e. The standard InChI is InChI=1S/C20H17N3O4.C19H14FN3O3.C19H15N3O3/c1-27-16-7-3-6-14-19(16)15(21-22-20(14)26)11-12-4-2-5-13(10-12)23-17(24)8-9-18(23)25;20-14-6-5-11(10-16(14)23-17(24)7-8-18(23)25)9-15-12-3-1-2-4-13(12)19(26)22-21-15;23-17-8-9-18(24)22(17)13-5-3-4-12(10-13)11-16-14-6-1-2-7-15(14)19(25)21-20-16/h2-7,10H,8-9,11H2,1H3,(H,22,26);1-6,10H,7-9H2,(H,22,26);1-7,10H,8-9,11H2,(H,21,25). The summed E-state index contributed by atoms with van der Waals surface area (Å²) in [6.07, 6.45) is 2.41. The predicted molar refractivity (Wildman–Crippen MR) is 287 cm³/mol. The number of ether oxygens (including phenoxy) is 1. The largest absolute Gasteiger partial charge is 0.496 e. The van der Waals surface area contributed by atoms with Gasteiger partial charge in [-0.15, -0.1) is 0 Å². The summed E-state index contributed by atoms with van der Waals surface area (Å²) in [5, 5.41) is 23.7. The zero-order chi connectivity index (χ0) is 54.6. The molecule has 3 aromatic heterocycles. The second-order valence-corrected chi connectivity index (χ2v) is 18.5. The second kappa shape index (κ2) is 22.0. The van der Waals surface area contributed by atoms with Crippen molar-refractivity contribution in [2.24, 2.45) is 0 Å². The van der Waals surface area contributed by atoms with E-state index >= 15 is 0 Å². The fourth-order valence-electron chi connectivity index (χ4n) is 9.77. The Bertz CT molecular complexity index is 4070. The second-order valence-electron chi connectivity index (χ2n) is 18.5. The van der Waals surface area contributed by atoms with Crippen LogP contribution in [0.2, 0.25) is 0 Å². The van der Waals surface area contributed by atoms with Gasteiger partial charge in [-0.05, 0) is 77.4 Å². The van der Waals surface area contributed by atoms with Crippen LogP contribution in [0.1, 0.15) is 72.3 Å². The zero-order valence-electron chi connectivity index (χ0n) is 41.7. The van der Waals surface area contributed by atoms with Crippen molar-refractivity contribution in [1.82, 2.24) is 30.6 Å². The first-order chi connectivity index (χ1) is 37.8. The number of H-pyrrole nitrogens is 3. The number of aromatic nitrogens is 6. The summed E-state index contributed by atoms with van der Waals surface area (Å²) in [6.45, 7) is 0. The van der Waals surface area contributed by atoms with E-state index in [1.165, 1.54) is 21.9 Å². The van der Waals surface area contributed by atoms with Crippen molar-refractivity contribution in [3.63, 3.8) is 0 Å². The molecule has 390 valence electrons. The molecule has 0 spiro atoms. The average molecular weight is 1050 g/mol. The number of hydrogen-bond donors (Lipinski definition) is 3. The van der Waals surface area contributed by atoms with Crippen LogP contribution < -0.4 is 36.1 Å². The molecule has 0 aliphatic carbocycles. The number of amides is 6. The summed E-state index contributed by atoms with van der Waals surface area (Å²) in [5.74, 6) is -1.58. The molecule has 3 aliphatic heterocycles. The lowest BCUT2D eigenvalue weighted by Gasteiger charge is -2.16. The van der Waals surface area contributed by atoms with Crippen LogP contribution in [0.3, 0.4) is 0 Å². The van der Waals surface area contributed by atoms with Crippen LogP contribution in [-0.4, -0.2) is 73.1 Å². The molecular formula is C58H46FN9O10. The molecule has 9 aromatic rings. The third kappa shape index (κ3) is 10.5. The Hall–Kier alpha value is -10.1. The molecule has 6 aromatic carbocycles. The molecule has 0 saturated carbocycles. The van der Waals surface area contributed by atoms with Crippen molar-refractivity contribution >= 4 is 84.8 Å². The van der Waals surface area contributed by atoms with Crippen LogP contribution in [0.4, 0.5) is 21.5 Å². The van der Waals surface area contributed by atoms with Gasteiger partial charge in [0.1, 0.15) is 11.6 Å². The Morgan fingerprint density at radius 2 is 0.808 bits per heavy atom. The fourth-order valence-corrected chi connectivity index (χ4v) is 9.77. The van der Waals surface area contributed by atoms with Crippen molar-refractivity contribution in [2.45, 2.75) is 57.8 Å². The summed E-state index contributed by atoms with van der Waals surface area (Å²) in [6, 6.07) is 38.5. The molecule has 3 saturated heterocycles. The van der Waals surface area contributed by atoms with Crippen molar-refractivity contribution in [1.29, 1.82) is 0 Å². The minimum Gasteiger partial charge on any atom is -0.496 e. The number of carbonyl (C=O) groups excluding carboxylic acids is 6. The Balaban J connectivity index is 0.000000132. The molecule has 0 bridgehead atoms. The highest BCUT2D eigenvalue weighted by atomic mass is 19.1. The first-order valence-corrected chi connectivity index (χ1v) is 24.8. The van der Waals surface area contributed by atoms with Crippen molar-refractivity contribution in [3.8, 4) is 5.75 Å². The number of methoxy groups -OCH3 is 1. The number of carbonyl (C=O) groups is 6. The first kappa shape index (κ1) is 51.4. The normalized spacial score (nSPS) is 14.4. The highest BCUT2D eigenvalue weighted by Crippen LogP contribution is 2.31. The summed E-state index contributed by atoms with van der Waals surface area (Å²) in [7, 11) is 1.55. The van der Waals surface area contributed by atoms with E-state index in [0.717, 1.165) is 27.1 Å². The van der Waals surface area contributed by atoms with E-state index in [0.29, 0.717) is 80.3 Å². The molecule has 3 N–H and O–H groups in total. The van der Waals surface area contributed by atoms with E-state index in [1.807, 2.05) is 48.5 Å². The molecule has 19 nitrogen and oxygen atoms in total. The maximum atomic E-state index is 14.2. The maximum Gasteiger partial charge on any atom is 0.272 e. The number of rotatable bonds is 10. The number of imide groups is 3. The number of nitrogens with one attached hydrogen (secondary N) is 3. The van der Waals surface area contributed by atoms with Crippen LogP contribution in [0.5, 0.6) is 5.75 Å². The lowest BCUT2D eigenvalue weighted by Crippen LogP contribution is -2.29. The summed E-state index contributed by atoms with van der Waals surface area (Å²) >= 11 is 0. The van der Waals surface area contributed by atoms with Gasteiger partial charge in [0.2, 0.25) is 35.4 Å². The predicted octanol–water partition coefficient (Wildman–Crippen LogP) is 6.65. The van der Waals surface area contributed by atoms with Gasteiger partial charge in [0.25, 0.3) is 16.7 Å². The molecule has 78 heavy (non-hydrogen) atoms. The third-order valence-corrected chi connectivity index (χ3v) is 13.5. The Morgan fingerprint density at radius 3 is 1.28 bits per heavy atom. The first-order valence-electron chi connectivity index (χ1n) is 24.8. The van der Waals surface area contributed by atoms with Gasteiger partial charge >= 0.3 is 0 Å². The zero-order valence-corrected chi connectivity index (χ0v) is 41.7. The van der Waals surface area contributed by atoms with Gasteiger partial charge < -0.3 is 4.74 Å². The number of fused-ring (bicyclic) bond motifs is 3. The van der Waals surface area contributed by atoms with E-state index in [9.17, 15) is 47.5 Å². The van der Waals surface area contributed by atoms with Gasteiger partial charge in [-0.1, -0.05) is 72.8 Å². The van der Waals surface area contributed by atoms with E-state index in [4.69, 9.17) is 4.74 Å². The monoisotopic (exact) mass is 1050 g/mol. The Labute approximate surface area is 441 Å². The molecule has 6 amide bonds. The van der Waals surface area contributed by atoms with Crippen LogP contribution in [0, 0.1) is 5.82 Å². The molecule has 0 radical (unpaired) electrons. The average Bonchev–Trinajstić information content (AvgIpc) is 4.16. The maximum absolute atomic E-state index is 14.2. The SMILES string of the molecule is COc1cccc2c(=O)[nH]nc(Cc3cccc(N4C(=O)CCC4=O)c3)c12.O=C1CCC(=O)N1c1cc(Cc2n[nH]c(=O)c3ccccc23)ccc1F.O=C1CCC(=O)N1c1cccc(Cc2n[nH]c(=O)c3ccccc23)c1. The fraction of sp³-hybridized carbons (Fsp3) is 0.172. The van der Waals surface area contributed by atoms with Gasteiger partial charge in [0.15, 0.2) is 0 Å². The van der Waals surface area contributed by atoms with Crippen LogP contribution in [0.15, 0.2) is 148 Å². The topological polar surface area (TPSA) is 259 Å². The molecule has 3 fully saturated rings. The van der Waals surface area contributed by atoms with Crippen molar-refractivity contribution < 1.29 is 37.9 Å². The lowest BCUT2D eigenvalue weighted by molar-refractivity contribution is -0.122. The highest BCUT2D eigenvalue weighted by Gasteiger charge is 2.33. The number of anilines is 3. The molecule has 12 rings (SSSR count). The summed E-state index contributed by atoms with van der Waals surface area (Å²) in [5.41, 5.74) is 4.79. The molecule has 0 unspecified atom stereocenters. The molecule has 6 heterocycles. The van der Waals surface area contributed by atoms with E-state index in [2.05, 4.69) is 30.6 Å². The van der Waals surface area contributed by atoms with Crippen LogP contribution in [-0.2, 0) is 48.0 Å². The number of nitrogens with zero attached hydrogens (tertiary/aromatic N) is 6. The number of aromatic amines is 3. The number of benzene rings is 6. The number of halogens is 1. The highest BCUT2D eigenvalue weighted by molar-refractivity contribution is 6.21. The lowest BCUT2D eigenvalue weighted by atomic mass is 10.0. The van der Waals surface area contributed by atoms with E-state index in [-0.39, 0.29) is 84.5 Å². The van der Waals surface area contributed by atoms with E-state index < -0.39 is 17.6 Å². The minimum absolute atomic E-state index is 0.0382. The van der Waals surface area contributed by atoms with Gasteiger partial charge in [0, 0.05) is 68.6 Å². The van der Waals surface area contributed by atoms with Crippen molar-refractivity contribution in [3.05, 3.63) is 204 Å². The van der Waals surface area contributed by atoms with Crippen LogP contribution in [0.25, 0.3) is 32.3 Å². The summed E-state index contributed by atoms with van der Waals surface area (Å²) in [4.78, 5) is 111. The van der Waals surface area contributed by atoms with Gasteiger partial charge in [0.05, 0.1) is 62.8 Å². The molecule has 0 atom stereocenters.